The number of hydrogen-bond acceptors (Lipinski definition) is 3. The molecule has 1 rings (SSSR count). The summed E-state index contributed by atoms with van der Waals surface area (Å²) in [6, 6.07) is 2.47. The Balaban J connectivity index is 2.70. The first kappa shape index (κ1) is 14.2. The minimum Gasteiger partial charge on any atom is -0.379 e. The summed E-state index contributed by atoms with van der Waals surface area (Å²) in [6.07, 6.45) is 2.05. The van der Waals surface area contributed by atoms with Gasteiger partial charge >= 0.3 is 0 Å². The van der Waals surface area contributed by atoms with E-state index in [0.717, 1.165) is 18.5 Å². The standard InChI is InChI=1S/C13H25N3O/c1-10-9-12(16(5)15-10)11(14-4)7-8-13(2,3)17-6/h9,11,14H,7-8H2,1-6H3. The fraction of sp³-hybridized carbons (Fsp3) is 0.769. The third-order valence-electron chi connectivity index (χ3n) is 3.33. The summed E-state index contributed by atoms with van der Waals surface area (Å²) < 4.78 is 7.41. The molecule has 0 saturated carbocycles. The Morgan fingerprint density at radius 3 is 2.59 bits per heavy atom. The lowest BCUT2D eigenvalue weighted by molar-refractivity contribution is 0.0117. The monoisotopic (exact) mass is 239 g/mol. The van der Waals surface area contributed by atoms with Crippen molar-refractivity contribution in [3.05, 3.63) is 17.5 Å². The van der Waals surface area contributed by atoms with Crippen molar-refractivity contribution in [2.75, 3.05) is 14.2 Å². The van der Waals surface area contributed by atoms with Crippen LogP contribution in [0.2, 0.25) is 0 Å². The van der Waals surface area contributed by atoms with E-state index in [1.807, 2.05) is 25.7 Å². The van der Waals surface area contributed by atoms with Gasteiger partial charge in [-0.15, -0.1) is 0 Å². The Hall–Kier alpha value is -0.870. The van der Waals surface area contributed by atoms with E-state index in [1.54, 1.807) is 7.11 Å². The van der Waals surface area contributed by atoms with E-state index < -0.39 is 0 Å². The number of hydrogen-bond donors (Lipinski definition) is 1. The summed E-state index contributed by atoms with van der Waals surface area (Å²) in [4.78, 5) is 0. The highest BCUT2D eigenvalue weighted by Gasteiger charge is 2.21. The lowest BCUT2D eigenvalue weighted by atomic mass is 9.97. The maximum Gasteiger partial charge on any atom is 0.0623 e. The molecule has 1 atom stereocenters. The zero-order valence-electron chi connectivity index (χ0n) is 11.9. The number of aromatic nitrogens is 2. The highest BCUT2D eigenvalue weighted by atomic mass is 16.5. The van der Waals surface area contributed by atoms with Crippen LogP contribution in [-0.2, 0) is 11.8 Å². The van der Waals surface area contributed by atoms with Crippen molar-refractivity contribution < 1.29 is 4.74 Å². The van der Waals surface area contributed by atoms with Gasteiger partial charge in [-0.3, -0.25) is 4.68 Å². The van der Waals surface area contributed by atoms with Gasteiger partial charge in [0.2, 0.25) is 0 Å². The Morgan fingerprint density at radius 1 is 1.53 bits per heavy atom. The van der Waals surface area contributed by atoms with Crippen molar-refractivity contribution in [2.45, 2.75) is 45.3 Å². The number of nitrogens with zero attached hydrogens (tertiary/aromatic N) is 2. The molecule has 1 aromatic heterocycles. The molecular weight excluding hydrogens is 214 g/mol. The molecule has 4 nitrogen and oxygen atoms in total. The Bertz CT molecular complexity index is 358. The zero-order valence-corrected chi connectivity index (χ0v) is 11.9. The van der Waals surface area contributed by atoms with Gasteiger partial charge in [0, 0.05) is 20.2 Å². The number of methoxy groups -OCH3 is 1. The number of aryl methyl sites for hydroxylation is 2. The molecule has 98 valence electrons. The van der Waals surface area contributed by atoms with Crippen LogP contribution in [0.15, 0.2) is 6.07 Å². The van der Waals surface area contributed by atoms with Crippen LogP contribution in [0.4, 0.5) is 0 Å². The number of ether oxygens (including phenoxy) is 1. The minimum absolute atomic E-state index is 0.0667. The topological polar surface area (TPSA) is 39.1 Å². The van der Waals surface area contributed by atoms with E-state index in [0.29, 0.717) is 6.04 Å². The Morgan fingerprint density at radius 2 is 2.18 bits per heavy atom. The van der Waals surface area contributed by atoms with Crippen LogP contribution in [-0.4, -0.2) is 29.5 Å². The largest absolute Gasteiger partial charge is 0.379 e. The summed E-state index contributed by atoms with van der Waals surface area (Å²) >= 11 is 0. The van der Waals surface area contributed by atoms with E-state index >= 15 is 0 Å². The molecule has 0 bridgehead atoms. The first-order valence-electron chi connectivity index (χ1n) is 6.12. The van der Waals surface area contributed by atoms with Gasteiger partial charge in [-0.05, 0) is 46.7 Å². The fourth-order valence-corrected chi connectivity index (χ4v) is 1.99. The predicted molar refractivity (Wildman–Crippen MR) is 70.1 cm³/mol. The maximum absolute atomic E-state index is 5.45. The van der Waals surface area contributed by atoms with Gasteiger partial charge < -0.3 is 10.1 Å². The second-order valence-corrected chi connectivity index (χ2v) is 5.18. The molecule has 0 amide bonds. The first-order chi connectivity index (χ1) is 7.89. The highest BCUT2D eigenvalue weighted by molar-refractivity contribution is 5.13. The SMILES string of the molecule is CNC(CCC(C)(C)OC)c1cc(C)nn1C. The second-order valence-electron chi connectivity index (χ2n) is 5.18. The van der Waals surface area contributed by atoms with E-state index in [-0.39, 0.29) is 5.60 Å². The van der Waals surface area contributed by atoms with Gasteiger partial charge in [0.05, 0.1) is 17.0 Å². The van der Waals surface area contributed by atoms with Crippen LogP contribution in [0.25, 0.3) is 0 Å². The van der Waals surface area contributed by atoms with Crippen LogP contribution in [0.1, 0.15) is 44.1 Å². The van der Waals surface area contributed by atoms with Crippen molar-refractivity contribution in [2.24, 2.45) is 7.05 Å². The third kappa shape index (κ3) is 3.82. The minimum atomic E-state index is -0.0667. The number of rotatable bonds is 6. The molecule has 0 aliphatic carbocycles. The Labute approximate surface area is 104 Å². The fourth-order valence-electron chi connectivity index (χ4n) is 1.99. The van der Waals surface area contributed by atoms with Gasteiger partial charge in [-0.2, -0.15) is 5.10 Å². The van der Waals surface area contributed by atoms with Gasteiger partial charge in [-0.1, -0.05) is 0 Å². The average molecular weight is 239 g/mol. The molecule has 1 heterocycles. The molecule has 4 heteroatoms. The van der Waals surface area contributed by atoms with Crippen molar-refractivity contribution in [1.29, 1.82) is 0 Å². The number of nitrogens with one attached hydrogen (secondary N) is 1. The van der Waals surface area contributed by atoms with Crippen molar-refractivity contribution >= 4 is 0 Å². The van der Waals surface area contributed by atoms with E-state index in [9.17, 15) is 0 Å². The zero-order chi connectivity index (χ0) is 13.1. The van der Waals surface area contributed by atoms with Crippen LogP contribution in [0, 0.1) is 6.92 Å². The quantitative estimate of drug-likeness (QED) is 0.827. The molecular formula is C13H25N3O. The van der Waals surface area contributed by atoms with Crippen LogP contribution in [0.5, 0.6) is 0 Å². The van der Waals surface area contributed by atoms with Gasteiger partial charge in [-0.25, -0.2) is 0 Å². The van der Waals surface area contributed by atoms with Crippen LogP contribution in [0.3, 0.4) is 0 Å². The molecule has 0 aliphatic heterocycles. The second kappa shape index (κ2) is 5.65. The van der Waals surface area contributed by atoms with E-state index in [2.05, 4.69) is 30.3 Å². The highest BCUT2D eigenvalue weighted by Crippen LogP contribution is 2.24. The molecule has 0 fully saturated rings. The smallest absolute Gasteiger partial charge is 0.0623 e. The lowest BCUT2D eigenvalue weighted by Gasteiger charge is -2.25. The molecule has 0 saturated heterocycles. The summed E-state index contributed by atoms with van der Waals surface area (Å²) in [5.41, 5.74) is 2.23. The van der Waals surface area contributed by atoms with Gasteiger partial charge in [0.25, 0.3) is 0 Å². The molecule has 0 aliphatic rings. The van der Waals surface area contributed by atoms with E-state index in [1.165, 1.54) is 5.69 Å². The van der Waals surface area contributed by atoms with Gasteiger partial charge in [0.15, 0.2) is 0 Å². The molecule has 0 spiro atoms. The molecule has 17 heavy (non-hydrogen) atoms. The molecule has 0 radical (unpaired) electrons. The summed E-state index contributed by atoms with van der Waals surface area (Å²) in [7, 11) is 5.75. The summed E-state index contributed by atoms with van der Waals surface area (Å²) in [5, 5.41) is 7.74. The van der Waals surface area contributed by atoms with Crippen molar-refractivity contribution in [1.82, 2.24) is 15.1 Å². The van der Waals surface area contributed by atoms with Crippen LogP contribution < -0.4 is 5.32 Å². The van der Waals surface area contributed by atoms with Crippen LogP contribution >= 0.6 is 0 Å². The third-order valence-corrected chi connectivity index (χ3v) is 3.33. The average Bonchev–Trinajstić information content (AvgIpc) is 2.59. The van der Waals surface area contributed by atoms with Crippen molar-refractivity contribution in [3.8, 4) is 0 Å². The summed E-state index contributed by atoms with van der Waals surface area (Å²) in [6.45, 7) is 6.26. The lowest BCUT2D eigenvalue weighted by Crippen LogP contribution is -2.26. The normalized spacial score (nSPS) is 14.0. The summed E-state index contributed by atoms with van der Waals surface area (Å²) in [5.74, 6) is 0. The molecule has 1 unspecified atom stereocenters. The van der Waals surface area contributed by atoms with Gasteiger partial charge in [0.1, 0.15) is 0 Å². The predicted octanol–water partition coefficient (Wildman–Crippen LogP) is 2.19. The maximum atomic E-state index is 5.45. The first-order valence-corrected chi connectivity index (χ1v) is 6.12. The molecule has 1 aromatic rings. The van der Waals surface area contributed by atoms with Crippen molar-refractivity contribution in [3.63, 3.8) is 0 Å². The Kier molecular flexibility index (Phi) is 4.71. The molecule has 1 N–H and O–H groups in total. The van der Waals surface area contributed by atoms with E-state index in [4.69, 9.17) is 4.74 Å². The molecule has 0 aromatic carbocycles.